The van der Waals surface area contributed by atoms with E-state index in [0.717, 1.165) is 7.11 Å². The number of aromatic carboxylic acids is 1. The predicted molar refractivity (Wildman–Crippen MR) is 58.0 cm³/mol. The SMILES string of the molecule is COC(=O)c1cc([N+](=O)[O-])c([N+](=O)[O-])cc1C(=O)O. The Balaban J connectivity index is 3.69. The number of carboxylic acid groups (broad SMARTS) is 1. The zero-order valence-electron chi connectivity index (χ0n) is 9.35. The van der Waals surface area contributed by atoms with Crippen LogP contribution in [0.5, 0.6) is 0 Å². The molecule has 0 heterocycles. The highest BCUT2D eigenvalue weighted by atomic mass is 16.6. The van der Waals surface area contributed by atoms with Crippen molar-refractivity contribution < 1.29 is 29.3 Å². The summed E-state index contributed by atoms with van der Waals surface area (Å²) in [6, 6.07) is 0.958. The van der Waals surface area contributed by atoms with Gasteiger partial charge in [-0.25, -0.2) is 9.59 Å². The van der Waals surface area contributed by atoms with Crippen LogP contribution in [0.25, 0.3) is 0 Å². The Hall–Kier alpha value is -3.04. The Labute approximate surface area is 104 Å². The van der Waals surface area contributed by atoms with Gasteiger partial charge in [0.25, 0.3) is 0 Å². The van der Waals surface area contributed by atoms with Gasteiger partial charge in [0.2, 0.25) is 0 Å². The van der Waals surface area contributed by atoms with E-state index in [9.17, 15) is 29.8 Å². The molecule has 0 aliphatic heterocycles. The first-order valence-corrected chi connectivity index (χ1v) is 4.58. The Bertz CT molecular complexity index is 594. The molecule has 100 valence electrons. The number of carbonyl (C=O) groups excluding carboxylic acids is 1. The number of nitrogens with zero attached hydrogens (tertiary/aromatic N) is 2. The number of nitro groups is 2. The second kappa shape index (κ2) is 5.08. The number of rotatable bonds is 4. The van der Waals surface area contributed by atoms with Gasteiger partial charge in [0, 0.05) is 12.1 Å². The second-order valence-corrected chi connectivity index (χ2v) is 3.20. The van der Waals surface area contributed by atoms with Crippen LogP contribution in [0.4, 0.5) is 11.4 Å². The molecule has 0 aromatic heterocycles. The average Bonchev–Trinajstić information content (AvgIpc) is 2.35. The molecule has 0 spiro atoms. The van der Waals surface area contributed by atoms with Gasteiger partial charge in [-0.05, 0) is 0 Å². The van der Waals surface area contributed by atoms with Gasteiger partial charge < -0.3 is 9.84 Å². The smallest absolute Gasteiger partial charge is 0.346 e. The van der Waals surface area contributed by atoms with E-state index in [1.807, 2.05) is 0 Å². The molecule has 0 aliphatic rings. The van der Waals surface area contributed by atoms with E-state index in [1.54, 1.807) is 0 Å². The number of esters is 1. The van der Waals surface area contributed by atoms with Crippen molar-refractivity contribution in [3.8, 4) is 0 Å². The Morgan fingerprint density at radius 2 is 1.53 bits per heavy atom. The van der Waals surface area contributed by atoms with Crippen molar-refractivity contribution in [2.24, 2.45) is 0 Å². The van der Waals surface area contributed by atoms with Crippen molar-refractivity contribution in [2.75, 3.05) is 7.11 Å². The number of hydrogen-bond acceptors (Lipinski definition) is 7. The number of ether oxygens (including phenoxy) is 1. The van der Waals surface area contributed by atoms with Gasteiger partial charge in [-0.2, -0.15) is 0 Å². The lowest BCUT2D eigenvalue weighted by molar-refractivity contribution is -0.422. The molecule has 1 aromatic carbocycles. The molecule has 0 aliphatic carbocycles. The van der Waals surface area contributed by atoms with Gasteiger partial charge in [-0.15, -0.1) is 0 Å². The van der Waals surface area contributed by atoms with Gasteiger partial charge in [-0.3, -0.25) is 20.2 Å². The molecule has 0 saturated heterocycles. The summed E-state index contributed by atoms with van der Waals surface area (Å²) in [5.74, 6) is -2.78. The van der Waals surface area contributed by atoms with E-state index >= 15 is 0 Å². The lowest BCUT2D eigenvalue weighted by Crippen LogP contribution is -2.12. The summed E-state index contributed by atoms with van der Waals surface area (Å²) in [5.41, 5.74) is -3.39. The minimum Gasteiger partial charge on any atom is -0.478 e. The standard InChI is InChI=1S/C9H6N2O8/c1-19-9(14)5-3-7(11(17)18)6(10(15)16)2-4(5)8(12)13/h2-3H,1H3,(H,12,13). The number of hydrogen-bond donors (Lipinski definition) is 1. The molecule has 0 fully saturated rings. The minimum absolute atomic E-state index is 0.451. The van der Waals surface area contributed by atoms with Gasteiger partial charge in [-0.1, -0.05) is 0 Å². The first-order valence-electron chi connectivity index (χ1n) is 4.58. The van der Waals surface area contributed by atoms with Crippen LogP contribution in [-0.4, -0.2) is 34.0 Å². The fourth-order valence-electron chi connectivity index (χ4n) is 1.33. The molecule has 0 amide bonds. The molecular weight excluding hydrogens is 264 g/mol. The molecule has 19 heavy (non-hydrogen) atoms. The molecule has 0 saturated carbocycles. The van der Waals surface area contributed by atoms with Crippen LogP contribution < -0.4 is 0 Å². The predicted octanol–water partition coefficient (Wildman–Crippen LogP) is 0.988. The molecule has 1 aromatic rings. The first kappa shape index (κ1) is 14.0. The zero-order chi connectivity index (χ0) is 14.7. The van der Waals surface area contributed by atoms with Crippen molar-refractivity contribution in [1.82, 2.24) is 0 Å². The summed E-state index contributed by atoms with van der Waals surface area (Å²) in [7, 11) is 0.946. The van der Waals surface area contributed by atoms with Crippen LogP contribution in [0.1, 0.15) is 20.7 Å². The van der Waals surface area contributed by atoms with Crippen LogP contribution in [0.15, 0.2) is 12.1 Å². The zero-order valence-corrected chi connectivity index (χ0v) is 9.35. The molecule has 10 heteroatoms. The summed E-state index contributed by atoms with van der Waals surface area (Å²) in [6.07, 6.45) is 0. The van der Waals surface area contributed by atoms with Crippen molar-refractivity contribution in [3.63, 3.8) is 0 Å². The maximum absolute atomic E-state index is 11.3. The van der Waals surface area contributed by atoms with Crippen molar-refractivity contribution in [2.45, 2.75) is 0 Å². The molecule has 0 bridgehead atoms. The number of nitro benzene ring substituents is 2. The Morgan fingerprint density at radius 1 is 1.11 bits per heavy atom. The summed E-state index contributed by atoms with van der Waals surface area (Å²) in [4.78, 5) is 41.3. The lowest BCUT2D eigenvalue weighted by atomic mass is 10.1. The van der Waals surface area contributed by atoms with Crippen LogP contribution in [-0.2, 0) is 4.74 Å². The van der Waals surface area contributed by atoms with Crippen LogP contribution in [0.2, 0.25) is 0 Å². The monoisotopic (exact) mass is 270 g/mol. The molecule has 0 atom stereocenters. The molecule has 1 N–H and O–H groups in total. The summed E-state index contributed by atoms with van der Waals surface area (Å²) in [6.45, 7) is 0. The van der Waals surface area contributed by atoms with E-state index in [0.29, 0.717) is 12.1 Å². The summed E-state index contributed by atoms with van der Waals surface area (Å²) in [5, 5.41) is 30.2. The fourth-order valence-corrected chi connectivity index (χ4v) is 1.33. The third kappa shape index (κ3) is 2.62. The third-order valence-corrected chi connectivity index (χ3v) is 2.14. The highest BCUT2D eigenvalue weighted by Gasteiger charge is 2.31. The first-order chi connectivity index (χ1) is 8.79. The largest absolute Gasteiger partial charge is 0.478 e. The molecule has 0 radical (unpaired) electrons. The average molecular weight is 270 g/mol. The van der Waals surface area contributed by atoms with Gasteiger partial charge in [0.1, 0.15) is 0 Å². The summed E-state index contributed by atoms with van der Waals surface area (Å²) < 4.78 is 4.27. The highest BCUT2D eigenvalue weighted by molar-refractivity contribution is 6.03. The van der Waals surface area contributed by atoms with Crippen LogP contribution in [0, 0.1) is 20.2 Å². The summed E-state index contributed by atoms with van der Waals surface area (Å²) >= 11 is 0. The quantitative estimate of drug-likeness (QED) is 0.483. The van der Waals surface area contributed by atoms with E-state index in [1.165, 1.54) is 0 Å². The molecule has 1 rings (SSSR count). The van der Waals surface area contributed by atoms with E-state index < -0.39 is 44.3 Å². The van der Waals surface area contributed by atoms with E-state index in [-0.39, 0.29) is 0 Å². The number of benzene rings is 1. The van der Waals surface area contributed by atoms with Crippen LogP contribution >= 0.6 is 0 Å². The molecule has 10 nitrogen and oxygen atoms in total. The highest BCUT2D eigenvalue weighted by Crippen LogP contribution is 2.30. The Kier molecular flexibility index (Phi) is 3.75. The van der Waals surface area contributed by atoms with Crippen LogP contribution in [0.3, 0.4) is 0 Å². The van der Waals surface area contributed by atoms with E-state index in [4.69, 9.17) is 5.11 Å². The lowest BCUT2D eigenvalue weighted by Gasteiger charge is -2.04. The maximum atomic E-state index is 11.3. The fraction of sp³-hybridized carbons (Fsp3) is 0.111. The second-order valence-electron chi connectivity index (χ2n) is 3.20. The third-order valence-electron chi connectivity index (χ3n) is 2.14. The van der Waals surface area contributed by atoms with E-state index in [2.05, 4.69) is 4.74 Å². The topological polar surface area (TPSA) is 150 Å². The molecule has 0 unspecified atom stereocenters. The minimum atomic E-state index is -1.64. The number of methoxy groups -OCH3 is 1. The normalized spacial score (nSPS) is 9.74. The molecular formula is C9H6N2O8. The maximum Gasteiger partial charge on any atom is 0.346 e. The Morgan fingerprint density at radius 3 is 1.84 bits per heavy atom. The van der Waals surface area contributed by atoms with Crippen molar-refractivity contribution in [3.05, 3.63) is 43.5 Å². The van der Waals surface area contributed by atoms with Gasteiger partial charge in [0.15, 0.2) is 0 Å². The number of carbonyl (C=O) groups is 2. The number of carboxylic acids is 1. The van der Waals surface area contributed by atoms with Crippen molar-refractivity contribution in [1.29, 1.82) is 0 Å². The van der Waals surface area contributed by atoms with Gasteiger partial charge in [0.05, 0.1) is 28.1 Å². The van der Waals surface area contributed by atoms with Crippen molar-refractivity contribution >= 4 is 23.3 Å². The van der Waals surface area contributed by atoms with Gasteiger partial charge >= 0.3 is 23.3 Å².